The van der Waals surface area contributed by atoms with Crippen LogP contribution in [0.4, 0.5) is 5.95 Å². The summed E-state index contributed by atoms with van der Waals surface area (Å²) in [5, 5.41) is 3.10. The van der Waals surface area contributed by atoms with Gasteiger partial charge in [0.05, 0.1) is 5.75 Å². The molecular weight excluding hydrogens is 226 g/mol. The SMILES string of the molecule is CC(CS(C)(=O)=O)Nc1nccn1C(C)C. The molecule has 0 aliphatic rings. The highest BCUT2D eigenvalue weighted by atomic mass is 32.2. The highest BCUT2D eigenvalue weighted by Gasteiger charge is 2.13. The number of hydrogen-bond donors (Lipinski definition) is 1. The van der Waals surface area contributed by atoms with Gasteiger partial charge >= 0.3 is 0 Å². The summed E-state index contributed by atoms with van der Waals surface area (Å²) in [7, 11) is -2.96. The van der Waals surface area contributed by atoms with Crippen molar-refractivity contribution >= 4 is 15.8 Å². The highest BCUT2D eigenvalue weighted by Crippen LogP contribution is 2.13. The summed E-state index contributed by atoms with van der Waals surface area (Å²) >= 11 is 0. The van der Waals surface area contributed by atoms with Gasteiger partial charge < -0.3 is 9.88 Å². The maximum atomic E-state index is 11.1. The van der Waals surface area contributed by atoms with Crippen LogP contribution in [0.25, 0.3) is 0 Å². The fraction of sp³-hybridized carbons (Fsp3) is 0.700. The molecule has 6 heteroatoms. The molecule has 0 aliphatic heterocycles. The van der Waals surface area contributed by atoms with E-state index in [2.05, 4.69) is 10.3 Å². The molecule has 92 valence electrons. The van der Waals surface area contributed by atoms with Gasteiger partial charge in [-0.15, -0.1) is 0 Å². The number of nitrogens with one attached hydrogen (secondary N) is 1. The van der Waals surface area contributed by atoms with Crippen LogP contribution in [0.15, 0.2) is 12.4 Å². The molecular formula is C10H19N3O2S. The summed E-state index contributed by atoms with van der Waals surface area (Å²) in [6.07, 6.45) is 4.82. The molecule has 5 nitrogen and oxygen atoms in total. The maximum absolute atomic E-state index is 11.1. The van der Waals surface area contributed by atoms with Crippen LogP contribution >= 0.6 is 0 Å². The Balaban J connectivity index is 2.70. The first-order valence-corrected chi connectivity index (χ1v) is 7.32. The van der Waals surface area contributed by atoms with Crippen LogP contribution < -0.4 is 5.32 Å². The van der Waals surface area contributed by atoms with Gasteiger partial charge in [-0.1, -0.05) is 0 Å². The van der Waals surface area contributed by atoms with E-state index in [-0.39, 0.29) is 11.8 Å². The molecule has 1 aromatic rings. The summed E-state index contributed by atoms with van der Waals surface area (Å²) in [4.78, 5) is 4.16. The molecule has 0 radical (unpaired) electrons. The minimum absolute atomic E-state index is 0.109. The maximum Gasteiger partial charge on any atom is 0.203 e. The zero-order valence-electron chi connectivity index (χ0n) is 10.1. The molecule has 0 spiro atoms. The van der Waals surface area contributed by atoms with Crippen LogP contribution in [-0.4, -0.2) is 36.0 Å². The Morgan fingerprint density at radius 2 is 2.06 bits per heavy atom. The molecule has 1 rings (SSSR count). The number of imidazole rings is 1. The minimum atomic E-state index is -2.96. The third kappa shape index (κ3) is 3.84. The van der Waals surface area contributed by atoms with Crippen molar-refractivity contribution in [1.82, 2.24) is 9.55 Å². The van der Waals surface area contributed by atoms with Crippen molar-refractivity contribution in [3.63, 3.8) is 0 Å². The number of hydrogen-bond acceptors (Lipinski definition) is 4. The molecule has 0 bridgehead atoms. The average molecular weight is 245 g/mol. The van der Waals surface area contributed by atoms with Gasteiger partial charge in [0.15, 0.2) is 0 Å². The molecule has 0 amide bonds. The lowest BCUT2D eigenvalue weighted by Crippen LogP contribution is -2.26. The average Bonchev–Trinajstić information content (AvgIpc) is 2.47. The molecule has 1 heterocycles. The summed E-state index contributed by atoms with van der Waals surface area (Å²) < 4.78 is 24.2. The lowest BCUT2D eigenvalue weighted by molar-refractivity contribution is 0.592. The predicted molar refractivity (Wildman–Crippen MR) is 65.4 cm³/mol. The molecule has 1 N–H and O–H groups in total. The van der Waals surface area contributed by atoms with Crippen molar-refractivity contribution in [2.24, 2.45) is 0 Å². The van der Waals surface area contributed by atoms with E-state index in [1.807, 2.05) is 31.5 Å². The third-order valence-electron chi connectivity index (χ3n) is 2.15. The van der Waals surface area contributed by atoms with E-state index in [4.69, 9.17) is 0 Å². The van der Waals surface area contributed by atoms with Crippen LogP contribution in [0.3, 0.4) is 0 Å². The van der Waals surface area contributed by atoms with Gasteiger partial charge in [-0.05, 0) is 20.8 Å². The monoisotopic (exact) mass is 245 g/mol. The Morgan fingerprint density at radius 1 is 1.44 bits per heavy atom. The van der Waals surface area contributed by atoms with Gasteiger partial charge in [0.1, 0.15) is 9.84 Å². The molecule has 0 saturated heterocycles. The number of nitrogens with zero attached hydrogens (tertiary/aromatic N) is 2. The fourth-order valence-corrected chi connectivity index (χ4v) is 2.55. The van der Waals surface area contributed by atoms with Crippen molar-refractivity contribution in [3.05, 3.63) is 12.4 Å². The molecule has 0 fully saturated rings. The van der Waals surface area contributed by atoms with Crippen molar-refractivity contribution in [2.75, 3.05) is 17.3 Å². The molecule has 0 aliphatic carbocycles. The first kappa shape index (κ1) is 13.0. The van der Waals surface area contributed by atoms with Gasteiger partial charge in [0, 0.05) is 30.7 Å². The van der Waals surface area contributed by atoms with E-state index < -0.39 is 9.84 Å². The van der Waals surface area contributed by atoms with Gasteiger partial charge in [-0.2, -0.15) is 0 Å². The molecule has 1 unspecified atom stereocenters. The van der Waals surface area contributed by atoms with Gasteiger partial charge in [-0.3, -0.25) is 0 Å². The molecule has 0 saturated carbocycles. The Hall–Kier alpha value is -1.04. The van der Waals surface area contributed by atoms with Crippen molar-refractivity contribution in [3.8, 4) is 0 Å². The van der Waals surface area contributed by atoms with Crippen LogP contribution in [0.5, 0.6) is 0 Å². The summed E-state index contributed by atoms with van der Waals surface area (Å²) in [5.74, 6) is 0.823. The van der Waals surface area contributed by atoms with E-state index in [1.54, 1.807) is 6.20 Å². The lowest BCUT2D eigenvalue weighted by atomic mass is 10.4. The second kappa shape index (κ2) is 4.86. The number of rotatable bonds is 5. The Kier molecular flexibility index (Phi) is 3.96. The Labute approximate surface area is 96.8 Å². The van der Waals surface area contributed by atoms with Crippen LogP contribution in [0.2, 0.25) is 0 Å². The van der Waals surface area contributed by atoms with Gasteiger partial charge in [-0.25, -0.2) is 13.4 Å². The smallest absolute Gasteiger partial charge is 0.203 e. The summed E-state index contributed by atoms with van der Waals surface area (Å²) in [6.45, 7) is 5.93. The molecule has 0 aromatic carbocycles. The largest absolute Gasteiger partial charge is 0.352 e. The predicted octanol–water partition coefficient (Wildman–Crippen LogP) is 1.31. The lowest BCUT2D eigenvalue weighted by Gasteiger charge is -2.17. The van der Waals surface area contributed by atoms with Crippen molar-refractivity contribution < 1.29 is 8.42 Å². The van der Waals surface area contributed by atoms with Crippen molar-refractivity contribution in [2.45, 2.75) is 32.9 Å². The number of sulfone groups is 1. The zero-order chi connectivity index (χ0) is 12.3. The highest BCUT2D eigenvalue weighted by molar-refractivity contribution is 7.90. The van der Waals surface area contributed by atoms with E-state index in [0.717, 1.165) is 0 Å². The first-order valence-electron chi connectivity index (χ1n) is 5.26. The molecule has 1 atom stereocenters. The third-order valence-corrected chi connectivity index (χ3v) is 3.26. The second-order valence-electron chi connectivity index (χ2n) is 4.39. The van der Waals surface area contributed by atoms with E-state index in [1.165, 1.54) is 6.26 Å². The summed E-state index contributed by atoms with van der Waals surface area (Å²) in [6, 6.07) is 0.158. The topological polar surface area (TPSA) is 64.0 Å². The van der Waals surface area contributed by atoms with Crippen molar-refractivity contribution in [1.29, 1.82) is 0 Å². The van der Waals surface area contributed by atoms with E-state index in [0.29, 0.717) is 12.0 Å². The zero-order valence-corrected chi connectivity index (χ0v) is 11.0. The quantitative estimate of drug-likeness (QED) is 0.849. The fourth-order valence-electron chi connectivity index (χ4n) is 1.56. The second-order valence-corrected chi connectivity index (χ2v) is 6.57. The van der Waals surface area contributed by atoms with E-state index in [9.17, 15) is 8.42 Å². The van der Waals surface area contributed by atoms with Gasteiger partial charge in [0.25, 0.3) is 0 Å². The normalized spacial score (nSPS) is 14.1. The Morgan fingerprint density at radius 3 is 2.56 bits per heavy atom. The molecule has 1 aromatic heterocycles. The van der Waals surface area contributed by atoms with Gasteiger partial charge in [0.2, 0.25) is 5.95 Å². The van der Waals surface area contributed by atoms with Crippen LogP contribution in [0.1, 0.15) is 26.8 Å². The van der Waals surface area contributed by atoms with E-state index >= 15 is 0 Å². The van der Waals surface area contributed by atoms with Crippen LogP contribution in [-0.2, 0) is 9.84 Å². The van der Waals surface area contributed by atoms with Crippen LogP contribution in [0, 0.1) is 0 Å². The summed E-state index contributed by atoms with van der Waals surface area (Å²) in [5.41, 5.74) is 0. The molecule has 16 heavy (non-hydrogen) atoms. The first-order chi connectivity index (χ1) is 7.29. The Bertz CT molecular complexity index is 437. The number of aromatic nitrogens is 2. The number of anilines is 1. The minimum Gasteiger partial charge on any atom is -0.352 e. The standard InChI is InChI=1S/C10H19N3O2S/c1-8(2)13-6-5-11-10(13)12-9(3)7-16(4,14)15/h5-6,8-9H,7H2,1-4H3,(H,11,12).